The van der Waals surface area contributed by atoms with Gasteiger partial charge in [0.1, 0.15) is 16.6 Å². The van der Waals surface area contributed by atoms with E-state index in [1.807, 2.05) is 0 Å². The average molecular weight is 270 g/mol. The van der Waals surface area contributed by atoms with E-state index in [0.717, 1.165) is 0 Å². The summed E-state index contributed by atoms with van der Waals surface area (Å²) in [4.78, 5) is 18.9. The average Bonchev–Trinajstić information content (AvgIpc) is 2.28. The van der Waals surface area contributed by atoms with Crippen LogP contribution in [0.15, 0.2) is 34.1 Å². The van der Waals surface area contributed by atoms with Gasteiger partial charge in [0.15, 0.2) is 0 Å². The van der Waals surface area contributed by atoms with Crippen LogP contribution in [0.5, 0.6) is 5.88 Å². The van der Waals surface area contributed by atoms with Crippen molar-refractivity contribution in [2.24, 2.45) is 22.2 Å². The Morgan fingerprint density at radius 2 is 2.06 bits per heavy atom. The van der Waals surface area contributed by atoms with Gasteiger partial charge in [0.25, 0.3) is 5.91 Å². The van der Waals surface area contributed by atoms with Gasteiger partial charge >= 0.3 is 0 Å². The molecule has 0 saturated carbocycles. The fourth-order valence-corrected chi connectivity index (χ4v) is 1.31. The van der Waals surface area contributed by atoms with E-state index < -0.39 is 5.91 Å². The number of carbonyl (C=O) groups excluding carboxylic acids is 1. The molecule has 8 heteroatoms. The lowest BCUT2D eigenvalue weighted by Gasteiger charge is -2.04. The Labute approximate surface area is 108 Å². The molecule has 0 unspecified atom stereocenters. The molecule has 1 aromatic heterocycles. The van der Waals surface area contributed by atoms with E-state index in [2.05, 4.69) is 9.98 Å². The van der Waals surface area contributed by atoms with Gasteiger partial charge in [0, 0.05) is 6.07 Å². The molecule has 1 aromatic rings. The van der Waals surface area contributed by atoms with Crippen molar-refractivity contribution in [3.63, 3.8) is 0 Å². The minimum absolute atomic E-state index is 0.179. The zero-order valence-electron chi connectivity index (χ0n) is 9.55. The lowest BCUT2D eigenvalue weighted by Crippen LogP contribution is -2.28. The maximum atomic E-state index is 11.1. The summed E-state index contributed by atoms with van der Waals surface area (Å²) < 4.78 is 4.88. The van der Waals surface area contributed by atoms with Gasteiger partial charge in [0.2, 0.25) is 5.88 Å². The summed E-state index contributed by atoms with van der Waals surface area (Å²) >= 11 is 5.51. The van der Waals surface area contributed by atoms with Crippen LogP contribution in [0, 0.1) is 0 Å². The fourth-order valence-electron chi connectivity index (χ4n) is 1.12. The van der Waals surface area contributed by atoms with Gasteiger partial charge in [-0.2, -0.15) is 0 Å². The molecule has 6 N–H and O–H groups in total. The third kappa shape index (κ3) is 3.36. The standard InChI is InChI=1S/C10H12ClN5O2/c1-18-6-3-2-5(4-15-6)16-9(13)7(8(11)12)10(14)17/h2-4H,12H2,1H3,(H2,13,16)(H2,14,17). The molecule has 1 heterocycles. The molecule has 0 saturated heterocycles. The molecule has 0 radical (unpaired) electrons. The summed E-state index contributed by atoms with van der Waals surface area (Å²) in [7, 11) is 1.49. The third-order valence-electron chi connectivity index (χ3n) is 1.92. The Morgan fingerprint density at radius 3 is 2.44 bits per heavy atom. The zero-order chi connectivity index (χ0) is 13.7. The van der Waals surface area contributed by atoms with Gasteiger partial charge in [-0.05, 0) is 6.07 Å². The van der Waals surface area contributed by atoms with E-state index >= 15 is 0 Å². The number of rotatable bonds is 4. The van der Waals surface area contributed by atoms with Crippen molar-refractivity contribution in [2.45, 2.75) is 0 Å². The lowest BCUT2D eigenvalue weighted by molar-refractivity contribution is -0.114. The lowest BCUT2D eigenvalue weighted by atomic mass is 10.2. The van der Waals surface area contributed by atoms with Crippen molar-refractivity contribution in [3.05, 3.63) is 29.1 Å². The fraction of sp³-hybridized carbons (Fsp3) is 0.100. The van der Waals surface area contributed by atoms with Gasteiger partial charge in [-0.1, -0.05) is 11.6 Å². The quantitative estimate of drug-likeness (QED) is 0.306. The monoisotopic (exact) mass is 269 g/mol. The summed E-state index contributed by atoms with van der Waals surface area (Å²) in [5.41, 5.74) is 16.1. The van der Waals surface area contributed by atoms with Gasteiger partial charge in [-0.15, -0.1) is 0 Å². The largest absolute Gasteiger partial charge is 0.481 e. The molecular formula is C10H12ClN5O2. The van der Waals surface area contributed by atoms with Crippen LogP contribution >= 0.6 is 11.6 Å². The summed E-state index contributed by atoms with van der Waals surface area (Å²) in [6.45, 7) is 0. The third-order valence-corrected chi connectivity index (χ3v) is 2.11. The van der Waals surface area contributed by atoms with Gasteiger partial charge in [-0.25, -0.2) is 9.98 Å². The number of aliphatic imine (C=N–C) groups is 1. The number of hydrogen-bond donors (Lipinski definition) is 3. The number of methoxy groups -OCH3 is 1. The van der Waals surface area contributed by atoms with Crippen molar-refractivity contribution in [3.8, 4) is 5.88 Å². The van der Waals surface area contributed by atoms with Crippen molar-refractivity contribution < 1.29 is 9.53 Å². The number of nitrogens with zero attached hydrogens (tertiary/aromatic N) is 2. The van der Waals surface area contributed by atoms with E-state index in [-0.39, 0.29) is 16.6 Å². The van der Waals surface area contributed by atoms with Crippen LogP contribution in [0.3, 0.4) is 0 Å². The topological polar surface area (TPSA) is 130 Å². The first-order chi connectivity index (χ1) is 8.45. The van der Waals surface area contributed by atoms with Gasteiger partial charge in [-0.3, -0.25) is 4.79 Å². The highest BCUT2D eigenvalue weighted by Gasteiger charge is 2.14. The molecule has 7 nitrogen and oxygen atoms in total. The Morgan fingerprint density at radius 1 is 1.39 bits per heavy atom. The molecule has 0 bridgehead atoms. The first-order valence-corrected chi connectivity index (χ1v) is 5.13. The first kappa shape index (κ1) is 13.8. The highest BCUT2D eigenvalue weighted by atomic mass is 35.5. The number of ether oxygens (including phenoxy) is 1. The molecule has 0 aliphatic rings. The molecule has 96 valence electrons. The Hall–Kier alpha value is -2.28. The molecule has 0 fully saturated rings. The summed E-state index contributed by atoms with van der Waals surface area (Å²) in [6, 6.07) is 3.19. The summed E-state index contributed by atoms with van der Waals surface area (Å²) in [6.07, 6.45) is 1.41. The number of nitrogens with two attached hydrogens (primary N) is 3. The van der Waals surface area contributed by atoms with Crippen molar-refractivity contribution in [1.82, 2.24) is 4.98 Å². The maximum absolute atomic E-state index is 11.1. The van der Waals surface area contributed by atoms with Crippen LogP contribution in [-0.2, 0) is 4.79 Å². The van der Waals surface area contributed by atoms with Crippen molar-refractivity contribution in [1.29, 1.82) is 0 Å². The highest BCUT2D eigenvalue weighted by Crippen LogP contribution is 2.15. The molecule has 0 aliphatic carbocycles. The number of hydrogen-bond acceptors (Lipinski definition) is 5. The van der Waals surface area contributed by atoms with E-state index in [0.29, 0.717) is 11.6 Å². The molecule has 0 atom stereocenters. The van der Waals surface area contributed by atoms with E-state index in [1.165, 1.54) is 13.3 Å². The molecule has 0 aromatic carbocycles. The minimum atomic E-state index is -0.856. The van der Waals surface area contributed by atoms with Crippen molar-refractivity contribution >= 4 is 29.0 Å². The number of carbonyl (C=O) groups is 1. The molecular weight excluding hydrogens is 258 g/mol. The minimum Gasteiger partial charge on any atom is -0.481 e. The Kier molecular flexibility index (Phi) is 4.50. The molecule has 1 amide bonds. The second kappa shape index (κ2) is 5.87. The molecule has 1 rings (SSSR count). The molecule has 0 spiro atoms. The second-order valence-electron chi connectivity index (χ2n) is 3.14. The van der Waals surface area contributed by atoms with Crippen LogP contribution in [-0.4, -0.2) is 23.8 Å². The van der Waals surface area contributed by atoms with E-state index in [9.17, 15) is 4.79 Å². The molecule has 18 heavy (non-hydrogen) atoms. The van der Waals surface area contributed by atoms with Crippen LogP contribution in [0.4, 0.5) is 5.69 Å². The number of amides is 1. The van der Waals surface area contributed by atoms with Gasteiger partial charge in [0.05, 0.1) is 19.0 Å². The number of amidine groups is 1. The Bertz CT molecular complexity index is 506. The van der Waals surface area contributed by atoms with Crippen LogP contribution in [0.25, 0.3) is 0 Å². The number of pyridine rings is 1. The van der Waals surface area contributed by atoms with Crippen molar-refractivity contribution in [2.75, 3.05) is 7.11 Å². The SMILES string of the molecule is COc1ccc(N=C(N)C(C(N)=O)=C(N)Cl)cn1. The first-order valence-electron chi connectivity index (χ1n) is 4.75. The van der Waals surface area contributed by atoms with Crippen LogP contribution in [0.1, 0.15) is 0 Å². The normalized spacial score (nSPS) is 12.9. The van der Waals surface area contributed by atoms with E-state index in [4.69, 9.17) is 33.5 Å². The highest BCUT2D eigenvalue weighted by molar-refractivity contribution is 6.36. The summed E-state index contributed by atoms with van der Waals surface area (Å²) in [5.74, 6) is -0.609. The number of halogens is 1. The zero-order valence-corrected chi connectivity index (χ0v) is 10.3. The number of aromatic nitrogens is 1. The molecule has 0 aliphatic heterocycles. The second-order valence-corrected chi connectivity index (χ2v) is 3.55. The predicted octanol–water partition coefficient (Wildman–Crippen LogP) is -0.0267. The smallest absolute Gasteiger partial charge is 0.255 e. The van der Waals surface area contributed by atoms with E-state index in [1.54, 1.807) is 12.1 Å². The van der Waals surface area contributed by atoms with Crippen LogP contribution < -0.4 is 21.9 Å². The Balaban J connectivity index is 3.08. The number of primary amides is 1. The van der Waals surface area contributed by atoms with Crippen LogP contribution in [0.2, 0.25) is 0 Å². The van der Waals surface area contributed by atoms with Gasteiger partial charge < -0.3 is 21.9 Å². The predicted molar refractivity (Wildman–Crippen MR) is 68.3 cm³/mol. The summed E-state index contributed by atoms with van der Waals surface area (Å²) in [5, 5.41) is -0.315. The maximum Gasteiger partial charge on any atom is 0.255 e.